The second-order valence-electron chi connectivity index (χ2n) is 3.98. The van der Waals surface area contributed by atoms with Crippen molar-refractivity contribution in [2.45, 2.75) is 11.4 Å². The zero-order valence-corrected chi connectivity index (χ0v) is 13.3. The lowest BCUT2D eigenvalue weighted by Gasteiger charge is -2.06. The smallest absolute Gasteiger partial charge is 0.182 e. The number of nitrogens with two attached hydrogens (primary N) is 1. The summed E-state index contributed by atoms with van der Waals surface area (Å²) in [7, 11) is -3.38. The Morgan fingerprint density at radius 1 is 1.47 bits per heavy atom. The van der Waals surface area contributed by atoms with E-state index in [1.165, 1.54) is 0 Å². The highest BCUT2D eigenvalue weighted by atomic mass is 79.9. The van der Waals surface area contributed by atoms with Gasteiger partial charge in [0.15, 0.2) is 15.7 Å². The number of anilines is 2. The van der Waals surface area contributed by atoms with Crippen LogP contribution in [0.25, 0.3) is 0 Å². The molecule has 5 nitrogen and oxygen atoms in total. The third-order valence-electron chi connectivity index (χ3n) is 2.39. The van der Waals surface area contributed by atoms with E-state index in [4.69, 9.17) is 5.73 Å². The summed E-state index contributed by atoms with van der Waals surface area (Å²) < 4.78 is 28.1. The molecule has 0 aliphatic heterocycles. The molecule has 0 bridgehead atoms. The molecule has 0 fully saturated rings. The summed E-state index contributed by atoms with van der Waals surface area (Å²) >= 11 is 4.43. The van der Waals surface area contributed by atoms with E-state index in [0.29, 0.717) is 11.5 Å². The van der Waals surface area contributed by atoms with Crippen molar-refractivity contribution in [2.24, 2.45) is 0 Å². The Bertz CT molecular complexity index is 698. The van der Waals surface area contributed by atoms with Crippen LogP contribution in [0.4, 0.5) is 10.8 Å². The molecule has 2 aromatic rings. The molecule has 0 amide bonds. The molecule has 3 N–H and O–H groups in total. The van der Waals surface area contributed by atoms with Gasteiger partial charge in [-0.15, -0.1) is 0 Å². The molecule has 0 aliphatic carbocycles. The molecule has 0 saturated carbocycles. The first-order chi connectivity index (χ1) is 8.88. The van der Waals surface area contributed by atoms with E-state index < -0.39 is 9.84 Å². The fourth-order valence-corrected chi connectivity index (χ4v) is 4.10. The summed E-state index contributed by atoms with van der Waals surface area (Å²) in [5, 5.41) is 3.53. The first kappa shape index (κ1) is 14.3. The quantitative estimate of drug-likeness (QED) is 0.873. The van der Waals surface area contributed by atoms with Crippen molar-refractivity contribution >= 4 is 48.1 Å². The molecule has 1 aromatic heterocycles. The minimum atomic E-state index is -3.38. The lowest BCUT2D eigenvalue weighted by molar-refractivity contribution is 0.602. The topological polar surface area (TPSA) is 85.1 Å². The standard InChI is InChI=1S/C11H12BrN3O2S2/c1-19(16,17)9-10(13)15-18-11(9)14-6-7-3-2-4-8(12)5-7/h2-5,14H,6H2,1H3,(H2,13,15). The molecular formula is C11H12BrN3O2S2. The van der Waals surface area contributed by atoms with Gasteiger partial charge in [-0.1, -0.05) is 28.1 Å². The monoisotopic (exact) mass is 361 g/mol. The maximum Gasteiger partial charge on any atom is 0.182 e. The largest absolute Gasteiger partial charge is 0.382 e. The van der Waals surface area contributed by atoms with Gasteiger partial charge in [-0.3, -0.25) is 0 Å². The van der Waals surface area contributed by atoms with Crippen LogP contribution in [0.1, 0.15) is 5.56 Å². The van der Waals surface area contributed by atoms with Gasteiger partial charge < -0.3 is 11.1 Å². The Morgan fingerprint density at radius 2 is 2.21 bits per heavy atom. The van der Waals surface area contributed by atoms with Crippen LogP contribution >= 0.6 is 27.5 Å². The van der Waals surface area contributed by atoms with Crippen LogP contribution in [0.15, 0.2) is 33.6 Å². The Balaban J connectivity index is 2.21. The van der Waals surface area contributed by atoms with Crippen LogP contribution in [-0.4, -0.2) is 19.0 Å². The minimum Gasteiger partial charge on any atom is -0.382 e. The van der Waals surface area contributed by atoms with Gasteiger partial charge in [-0.2, -0.15) is 4.37 Å². The summed E-state index contributed by atoms with van der Waals surface area (Å²) in [6, 6.07) is 7.75. The fraction of sp³-hybridized carbons (Fsp3) is 0.182. The van der Waals surface area contributed by atoms with Crippen LogP contribution in [0.3, 0.4) is 0 Å². The van der Waals surface area contributed by atoms with E-state index in [9.17, 15) is 8.42 Å². The number of hydrogen-bond donors (Lipinski definition) is 2. The molecule has 0 saturated heterocycles. The first-order valence-electron chi connectivity index (χ1n) is 5.31. The molecule has 1 aromatic carbocycles. The summed E-state index contributed by atoms with van der Waals surface area (Å²) in [5.41, 5.74) is 6.62. The molecule has 2 rings (SSSR count). The molecule has 102 valence electrons. The molecule has 0 atom stereocenters. The van der Waals surface area contributed by atoms with Gasteiger partial charge in [0.25, 0.3) is 0 Å². The average Bonchev–Trinajstić information content (AvgIpc) is 2.67. The number of halogens is 1. The predicted octanol–water partition coefficient (Wildman–Crippen LogP) is 2.50. The van der Waals surface area contributed by atoms with Crippen molar-refractivity contribution in [2.75, 3.05) is 17.3 Å². The number of nitrogens with one attached hydrogen (secondary N) is 1. The molecular weight excluding hydrogens is 350 g/mol. The molecule has 8 heteroatoms. The number of rotatable bonds is 4. The molecule has 0 radical (unpaired) electrons. The molecule has 0 aliphatic rings. The number of benzene rings is 1. The van der Waals surface area contributed by atoms with Crippen molar-refractivity contribution in [1.82, 2.24) is 4.37 Å². The van der Waals surface area contributed by atoms with Crippen molar-refractivity contribution in [3.63, 3.8) is 0 Å². The number of nitrogens with zero attached hydrogens (tertiary/aromatic N) is 1. The Labute approximate surface area is 124 Å². The predicted molar refractivity (Wildman–Crippen MR) is 81.1 cm³/mol. The Hall–Kier alpha value is -1.12. The number of nitrogen functional groups attached to an aromatic ring is 1. The lowest BCUT2D eigenvalue weighted by atomic mass is 10.2. The zero-order chi connectivity index (χ0) is 14.0. The highest BCUT2D eigenvalue weighted by Gasteiger charge is 2.20. The van der Waals surface area contributed by atoms with Crippen LogP contribution in [0, 0.1) is 0 Å². The van der Waals surface area contributed by atoms with Crippen molar-refractivity contribution in [1.29, 1.82) is 0 Å². The maximum atomic E-state index is 11.6. The van der Waals surface area contributed by atoms with Gasteiger partial charge in [0.1, 0.15) is 9.90 Å². The first-order valence-corrected chi connectivity index (χ1v) is 8.77. The Kier molecular flexibility index (Phi) is 4.12. The summed E-state index contributed by atoms with van der Waals surface area (Å²) in [4.78, 5) is 0.0764. The summed E-state index contributed by atoms with van der Waals surface area (Å²) in [5.74, 6) is 0.0456. The van der Waals surface area contributed by atoms with E-state index >= 15 is 0 Å². The van der Waals surface area contributed by atoms with Gasteiger partial charge in [-0.25, -0.2) is 8.42 Å². The minimum absolute atomic E-state index is 0.0456. The van der Waals surface area contributed by atoms with Gasteiger partial charge in [0.2, 0.25) is 0 Å². The maximum absolute atomic E-state index is 11.6. The van der Waals surface area contributed by atoms with Crippen LogP contribution in [0.5, 0.6) is 0 Å². The van der Waals surface area contributed by atoms with E-state index in [0.717, 1.165) is 27.8 Å². The van der Waals surface area contributed by atoms with Gasteiger partial charge in [0.05, 0.1) is 0 Å². The average molecular weight is 362 g/mol. The van der Waals surface area contributed by atoms with E-state index in [1.807, 2.05) is 24.3 Å². The highest BCUT2D eigenvalue weighted by Crippen LogP contribution is 2.31. The summed E-state index contributed by atoms with van der Waals surface area (Å²) in [6.07, 6.45) is 1.12. The number of aromatic nitrogens is 1. The zero-order valence-electron chi connectivity index (χ0n) is 10.1. The van der Waals surface area contributed by atoms with E-state index in [1.54, 1.807) is 0 Å². The Morgan fingerprint density at radius 3 is 2.84 bits per heavy atom. The van der Waals surface area contributed by atoms with Gasteiger partial charge >= 0.3 is 0 Å². The summed E-state index contributed by atoms with van der Waals surface area (Å²) in [6.45, 7) is 0.504. The van der Waals surface area contributed by atoms with Crippen molar-refractivity contribution in [3.05, 3.63) is 34.3 Å². The normalized spacial score (nSPS) is 11.5. The van der Waals surface area contributed by atoms with Gasteiger partial charge in [-0.05, 0) is 29.2 Å². The van der Waals surface area contributed by atoms with E-state index in [2.05, 4.69) is 25.6 Å². The molecule has 0 spiro atoms. The van der Waals surface area contributed by atoms with Crippen molar-refractivity contribution in [3.8, 4) is 0 Å². The molecule has 0 unspecified atom stereocenters. The SMILES string of the molecule is CS(=O)(=O)c1c(N)nsc1NCc1cccc(Br)c1. The van der Waals surface area contributed by atoms with Crippen molar-refractivity contribution < 1.29 is 8.42 Å². The third kappa shape index (κ3) is 3.46. The second-order valence-corrected chi connectivity index (χ2v) is 7.62. The van der Waals surface area contributed by atoms with Gasteiger partial charge in [0, 0.05) is 17.3 Å². The number of hydrogen-bond acceptors (Lipinski definition) is 6. The molecule has 19 heavy (non-hydrogen) atoms. The lowest BCUT2D eigenvalue weighted by Crippen LogP contribution is -2.05. The number of sulfone groups is 1. The highest BCUT2D eigenvalue weighted by molar-refractivity contribution is 9.10. The fourth-order valence-electron chi connectivity index (χ4n) is 1.59. The van der Waals surface area contributed by atoms with Crippen LogP contribution < -0.4 is 11.1 Å². The van der Waals surface area contributed by atoms with Crippen LogP contribution in [0.2, 0.25) is 0 Å². The van der Waals surface area contributed by atoms with Crippen LogP contribution in [-0.2, 0) is 16.4 Å². The molecule has 1 heterocycles. The van der Waals surface area contributed by atoms with E-state index in [-0.39, 0.29) is 10.7 Å². The third-order valence-corrected chi connectivity index (χ3v) is 4.98. The second kappa shape index (κ2) is 5.48.